The van der Waals surface area contributed by atoms with E-state index in [0.29, 0.717) is 27.8 Å². The number of halogens is 1. The molecule has 0 radical (unpaired) electrons. The van der Waals surface area contributed by atoms with Gasteiger partial charge in [-0.05, 0) is 39.0 Å². The van der Waals surface area contributed by atoms with Gasteiger partial charge >= 0.3 is 0 Å². The number of sulfonamides is 1. The van der Waals surface area contributed by atoms with Crippen molar-refractivity contribution in [1.29, 1.82) is 0 Å². The molecule has 0 fully saturated rings. The van der Waals surface area contributed by atoms with Gasteiger partial charge in [-0.3, -0.25) is 0 Å². The standard InChI is InChI=1S/C14H13FN2O4S/c1-7-9(3)16-21-13(7)17-22(18,19)14-8(2)11-6-10(15)4-5-12(11)20-14/h4-6,17H,1-3H3. The summed E-state index contributed by atoms with van der Waals surface area (Å²) in [5.74, 6) is -0.432. The molecular weight excluding hydrogens is 311 g/mol. The number of hydrogen-bond acceptors (Lipinski definition) is 5. The van der Waals surface area contributed by atoms with Crippen LogP contribution in [0.15, 0.2) is 32.2 Å². The van der Waals surface area contributed by atoms with Gasteiger partial charge in [-0.25, -0.2) is 9.11 Å². The molecule has 0 aliphatic rings. The molecule has 0 atom stereocenters. The zero-order valence-corrected chi connectivity index (χ0v) is 12.9. The second kappa shape index (κ2) is 4.84. The fourth-order valence-electron chi connectivity index (χ4n) is 2.11. The van der Waals surface area contributed by atoms with Crippen LogP contribution in [0.25, 0.3) is 11.0 Å². The number of hydrogen-bond donors (Lipinski definition) is 1. The highest BCUT2D eigenvalue weighted by atomic mass is 32.2. The molecule has 0 aliphatic carbocycles. The topological polar surface area (TPSA) is 85.3 Å². The molecule has 2 heterocycles. The lowest BCUT2D eigenvalue weighted by atomic mass is 10.2. The Hall–Kier alpha value is -2.35. The highest BCUT2D eigenvalue weighted by molar-refractivity contribution is 7.92. The highest BCUT2D eigenvalue weighted by Crippen LogP contribution is 2.31. The largest absolute Gasteiger partial charge is 0.442 e. The second-order valence-corrected chi connectivity index (χ2v) is 6.56. The second-order valence-electron chi connectivity index (χ2n) is 4.98. The summed E-state index contributed by atoms with van der Waals surface area (Å²) in [6.45, 7) is 4.94. The normalized spacial score (nSPS) is 12.0. The fraction of sp³-hybridized carbons (Fsp3) is 0.214. The van der Waals surface area contributed by atoms with Crippen LogP contribution in [0.4, 0.5) is 10.3 Å². The van der Waals surface area contributed by atoms with Gasteiger partial charge in [0.15, 0.2) is 0 Å². The summed E-state index contributed by atoms with van der Waals surface area (Å²) in [5.41, 5.74) is 1.80. The van der Waals surface area contributed by atoms with Gasteiger partial charge in [0.1, 0.15) is 11.4 Å². The third-order valence-electron chi connectivity index (χ3n) is 3.48. The van der Waals surface area contributed by atoms with Gasteiger partial charge in [-0.1, -0.05) is 5.16 Å². The molecule has 3 rings (SSSR count). The SMILES string of the molecule is Cc1noc(NS(=O)(=O)c2oc3ccc(F)cc3c2C)c1C. The summed E-state index contributed by atoms with van der Waals surface area (Å²) in [6.07, 6.45) is 0. The first-order valence-electron chi connectivity index (χ1n) is 6.44. The Kier molecular flexibility index (Phi) is 3.21. The van der Waals surface area contributed by atoms with Crippen LogP contribution in [-0.4, -0.2) is 13.6 Å². The smallest absolute Gasteiger partial charge is 0.298 e. The number of benzene rings is 1. The minimum absolute atomic E-state index is 0.0311. The average molecular weight is 324 g/mol. The summed E-state index contributed by atoms with van der Waals surface area (Å²) in [4.78, 5) is 0. The molecule has 0 spiro atoms. The van der Waals surface area contributed by atoms with Crippen molar-refractivity contribution in [2.24, 2.45) is 0 Å². The predicted molar refractivity (Wildman–Crippen MR) is 77.7 cm³/mol. The molecule has 0 saturated heterocycles. The number of fused-ring (bicyclic) bond motifs is 1. The zero-order chi connectivity index (χ0) is 16.1. The molecule has 0 amide bonds. The molecule has 0 bridgehead atoms. The molecule has 0 unspecified atom stereocenters. The molecule has 0 saturated carbocycles. The van der Waals surface area contributed by atoms with E-state index in [4.69, 9.17) is 8.94 Å². The van der Waals surface area contributed by atoms with Crippen LogP contribution in [0.1, 0.15) is 16.8 Å². The Morgan fingerprint density at radius 2 is 1.91 bits per heavy atom. The van der Waals surface area contributed by atoms with Crippen molar-refractivity contribution in [1.82, 2.24) is 5.16 Å². The molecule has 8 heteroatoms. The molecule has 3 aromatic rings. The van der Waals surface area contributed by atoms with Gasteiger partial charge in [0.2, 0.25) is 11.0 Å². The van der Waals surface area contributed by atoms with E-state index in [1.807, 2.05) is 0 Å². The first kappa shape index (κ1) is 14.6. The van der Waals surface area contributed by atoms with Crippen molar-refractivity contribution in [2.75, 3.05) is 4.72 Å². The average Bonchev–Trinajstić information content (AvgIpc) is 2.94. The van der Waals surface area contributed by atoms with Crippen LogP contribution in [0.5, 0.6) is 0 Å². The van der Waals surface area contributed by atoms with Gasteiger partial charge in [0.25, 0.3) is 10.0 Å². The molecule has 116 valence electrons. The first-order valence-corrected chi connectivity index (χ1v) is 7.92. The Labute approximate surface area is 126 Å². The third-order valence-corrected chi connectivity index (χ3v) is 4.81. The molecule has 1 N–H and O–H groups in total. The first-order chi connectivity index (χ1) is 10.3. The highest BCUT2D eigenvalue weighted by Gasteiger charge is 2.26. The van der Waals surface area contributed by atoms with E-state index >= 15 is 0 Å². The molecule has 1 aromatic carbocycles. The molecule has 22 heavy (non-hydrogen) atoms. The number of nitrogens with one attached hydrogen (secondary N) is 1. The van der Waals surface area contributed by atoms with Crippen LogP contribution in [0.3, 0.4) is 0 Å². The Morgan fingerprint density at radius 3 is 2.55 bits per heavy atom. The summed E-state index contributed by atoms with van der Waals surface area (Å²) < 4.78 is 50.8. The number of furan rings is 1. The number of nitrogens with zero attached hydrogens (tertiary/aromatic N) is 1. The lowest BCUT2D eigenvalue weighted by molar-refractivity contribution is 0.428. The maximum atomic E-state index is 13.3. The summed E-state index contributed by atoms with van der Waals surface area (Å²) in [7, 11) is -4.00. The molecule has 0 aliphatic heterocycles. The number of rotatable bonds is 3. The van der Waals surface area contributed by atoms with Crippen LogP contribution in [0.2, 0.25) is 0 Å². The van der Waals surface area contributed by atoms with E-state index in [0.717, 1.165) is 0 Å². The van der Waals surface area contributed by atoms with Crippen molar-refractivity contribution >= 4 is 26.9 Å². The van der Waals surface area contributed by atoms with Crippen LogP contribution in [0, 0.1) is 26.6 Å². The molecular formula is C14H13FN2O4S. The lowest BCUT2D eigenvalue weighted by Gasteiger charge is -2.03. The van der Waals surface area contributed by atoms with Crippen molar-refractivity contribution < 1.29 is 21.7 Å². The van der Waals surface area contributed by atoms with Gasteiger partial charge in [-0.2, -0.15) is 8.42 Å². The summed E-state index contributed by atoms with van der Waals surface area (Å²) in [5, 5.41) is 3.82. The van der Waals surface area contributed by atoms with Crippen molar-refractivity contribution in [3.63, 3.8) is 0 Å². The summed E-state index contributed by atoms with van der Waals surface area (Å²) >= 11 is 0. The number of aryl methyl sites for hydroxylation is 2. The van der Waals surface area contributed by atoms with Crippen LogP contribution in [-0.2, 0) is 10.0 Å². The minimum Gasteiger partial charge on any atom is -0.442 e. The quantitative estimate of drug-likeness (QED) is 0.799. The number of anilines is 1. The van der Waals surface area contributed by atoms with Gasteiger partial charge in [-0.15, -0.1) is 0 Å². The fourth-order valence-corrected chi connectivity index (χ4v) is 3.35. The van der Waals surface area contributed by atoms with E-state index in [-0.39, 0.29) is 11.0 Å². The molecule has 6 nitrogen and oxygen atoms in total. The lowest BCUT2D eigenvalue weighted by Crippen LogP contribution is -2.13. The Bertz CT molecular complexity index is 972. The monoisotopic (exact) mass is 324 g/mol. The van der Waals surface area contributed by atoms with E-state index < -0.39 is 15.8 Å². The zero-order valence-electron chi connectivity index (χ0n) is 12.1. The Morgan fingerprint density at radius 1 is 1.18 bits per heavy atom. The predicted octanol–water partition coefficient (Wildman–Crippen LogP) is 3.29. The number of aromatic nitrogens is 1. The Balaban J connectivity index is 2.09. The van der Waals surface area contributed by atoms with Crippen molar-refractivity contribution in [3.8, 4) is 0 Å². The maximum absolute atomic E-state index is 13.3. The van der Waals surface area contributed by atoms with E-state index in [1.54, 1.807) is 20.8 Å². The van der Waals surface area contributed by atoms with Gasteiger partial charge in [0.05, 0.1) is 5.69 Å². The third kappa shape index (κ3) is 2.25. The van der Waals surface area contributed by atoms with E-state index in [2.05, 4.69) is 9.88 Å². The maximum Gasteiger partial charge on any atom is 0.298 e. The molecule has 2 aromatic heterocycles. The minimum atomic E-state index is -4.00. The van der Waals surface area contributed by atoms with Crippen molar-refractivity contribution in [2.45, 2.75) is 25.9 Å². The van der Waals surface area contributed by atoms with E-state index in [1.165, 1.54) is 18.2 Å². The van der Waals surface area contributed by atoms with Gasteiger partial charge in [0, 0.05) is 16.5 Å². The van der Waals surface area contributed by atoms with Gasteiger partial charge < -0.3 is 8.94 Å². The summed E-state index contributed by atoms with van der Waals surface area (Å²) in [6, 6.07) is 3.83. The van der Waals surface area contributed by atoms with E-state index in [9.17, 15) is 12.8 Å². The van der Waals surface area contributed by atoms with Crippen LogP contribution < -0.4 is 4.72 Å². The van der Waals surface area contributed by atoms with Crippen LogP contribution >= 0.6 is 0 Å². The van der Waals surface area contributed by atoms with Crippen molar-refractivity contribution in [3.05, 3.63) is 40.8 Å².